The number of rotatable bonds is 4. The highest BCUT2D eigenvalue weighted by atomic mass is 16.3. The molecule has 9 nitrogen and oxygen atoms in total. The Morgan fingerprint density at radius 1 is 1.13 bits per heavy atom. The number of anilines is 1. The Labute approximate surface area is 169 Å². The van der Waals surface area contributed by atoms with E-state index in [9.17, 15) is 19.5 Å². The van der Waals surface area contributed by atoms with Crippen LogP contribution in [0, 0.1) is 0 Å². The number of aromatic amines is 1. The van der Waals surface area contributed by atoms with Gasteiger partial charge < -0.3 is 20.0 Å². The number of H-pyrrole nitrogens is 1. The minimum absolute atomic E-state index is 0.108. The van der Waals surface area contributed by atoms with Gasteiger partial charge in [-0.3, -0.25) is 14.4 Å². The van der Waals surface area contributed by atoms with E-state index in [4.69, 9.17) is 0 Å². The fourth-order valence-corrected chi connectivity index (χ4v) is 3.12. The Morgan fingerprint density at radius 2 is 1.90 bits per heavy atom. The maximum Gasteiger partial charge on any atom is 0.316 e. The second-order valence-electron chi connectivity index (χ2n) is 6.54. The van der Waals surface area contributed by atoms with Crippen molar-refractivity contribution in [2.75, 3.05) is 5.32 Å². The zero-order valence-electron chi connectivity index (χ0n) is 15.9. The number of aromatic hydroxyl groups is 1. The Bertz CT molecular complexity index is 1370. The van der Waals surface area contributed by atoms with Crippen molar-refractivity contribution in [3.63, 3.8) is 0 Å². The summed E-state index contributed by atoms with van der Waals surface area (Å²) in [5.41, 5.74) is 0.895. The number of carbonyl (C=O) groups excluding carboxylic acids is 1. The van der Waals surface area contributed by atoms with Gasteiger partial charge in [0.1, 0.15) is 5.75 Å². The smallest absolute Gasteiger partial charge is 0.316 e. The first-order valence-corrected chi connectivity index (χ1v) is 9.16. The molecular formula is C21H17N5O4. The normalized spacial score (nSPS) is 10.8. The SMILES string of the molecule is CCn1c(=O)c(=O)[nH]c2cc(C(=O)Nc3cnc(-c4cccc(O)c4)nc3)ccc21. The van der Waals surface area contributed by atoms with Gasteiger partial charge in [-0.25, -0.2) is 9.97 Å². The Balaban J connectivity index is 1.59. The summed E-state index contributed by atoms with van der Waals surface area (Å²) < 4.78 is 1.35. The molecule has 0 aliphatic heterocycles. The van der Waals surface area contributed by atoms with Crippen molar-refractivity contribution in [3.05, 3.63) is 81.1 Å². The minimum atomic E-state index is -0.738. The van der Waals surface area contributed by atoms with E-state index in [1.54, 1.807) is 43.3 Å². The molecule has 0 spiro atoms. The largest absolute Gasteiger partial charge is 0.508 e. The molecule has 0 fully saturated rings. The number of aromatic nitrogens is 4. The third-order valence-corrected chi connectivity index (χ3v) is 4.57. The van der Waals surface area contributed by atoms with E-state index in [1.165, 1.54) is 23.0 Å². The van der Waals surface area contributed by atoms with Gasteiger partial charge in [-0.2, -0.15) is 0 Å². The summed E-state index contributed by atoms with van der Waals surface area (Å²) >= 11 is 0. The van der Waals surface area contributed by atoms with Crippen LogP contribution >= 0.6 is 0 Å². The summed E-state index contributed by atoms with van der Waals surface area (Å²) in [6, 6.07) is 11.2. The molecule has 0 atom stereocenters. The van der Waals surface area contributed by atoms with Gasteiger partial charge >= 0.3 is 11.1 Å². The number of benzene rings is 2. The van der Waals surface area contributed by atoms with E-state index < -0.39 is 17.0 Å². The van der Waals surface area contributed by atoms with Crippen LogP contribution in [0.5, 0.6) is 5.75 Å². The van der Waals surface area contributed by atoms with Gasteiger partial charge in [0.15, 0.2) is 5.82 Å². The molecule has 1 amide bonds. The first-order valence-electron chi connectivity index (χ1n) is 9.16. The monoisotopic (exact) mass is 403 g/mol. The number of aryl methyl sites for hydroxylation is 1. The molecule has 0 radical (unpaired) electrons. The standard InChI is InChI=1S/C21H17N5O4/c1-2-26-17-7-6-13(9-16(17)25-20(29)21(26)30)19(28)24-14-10-22-18(23-11-14)12-4-3-5-15(27)8-12/h3-11,27H,2H2,1H3,(H,24,28)(H,25,29). The average Bonchev–Trinajstić information content (AvgIpc) is 2.75. The molecule has 0 unspecified atom stereocenters. The van der Waals surface area contributed by atoms with E-state index >= 15 is 0 Å². The number of carbonyl (C=O) groups is 1. The number of hydrogen-bond acceptors (Lipinski definition) is 6. The summed E-state index contributed by atoms with van der Waals surface area (Å²) in [5.74, 6) is 0.0988. The van der Waals surface area contributed by atoms with Crippen molar-refractivity contribution in [1.82, 2.24) is 19.5 Å². The molecular weight excluding hydrogens is 386 g/mol. The lowest BCUT2D eigenvalue weighted by Crippen LogP contribution is -2.36. The average molecular weight is 403 g/mol. The zero-order chi connectivity index (χ0) is 21.3. The molecule has 3 N–H and O–H groups in total. The van der Waals surface area contributed by atoms with Crippen LogP contribution < -0.4 is 16.4 Å². The molecule has 4 rings (SSSR count). The summed E-state index contributed by atoms with van der Waals surface area (Å²) in [6.45, 7) is 2.11. The zero-order valence-corrected chi connectivity index (χ0v) is 15.9. The number of phenols is 1. The van der Waals surface area contributed by atoms with Gasteiger partial charge in [0.2, 0.25) is 0 Å². The van der Waals surface area contributed by atoms with Gasteiger partial charge in [0, 0.05) is 17.7 Å². The van der Waals surface area contributed by atoms with E-state index in [1.807, 2.05) is 0 Å². The van der Waals surface area contributed by atoms with Gasteiger partial charge in [-0.15, -0.1) is 0 Å². The molecule has 2 heterocycles. The van der Waals surface area contributed by atoms with Crippen LogP contribution in [0.4, 0.5) is 5.69 Å². The van der Waals surface area contributed by atoms with E-state index in [0.717, 1.165) is 0 Å². The molecule has 0 bridgehead atoms. The van der Waals surface area contributed by atoms with Crippen molar-refractivity contribution in [3.8, 4) is 17.1 Å². The van der Waals surface area contributed by atoms with Crippen LogP contribution in [-0.4, -0.2) is 30.5 Å². The van der Waals surface area contributed by atoms with E-state index in [-0.39, 0.29) is 5.75 Å². The second kappa shape index (κ2) is 7.63. The quantitative estimate of drug-likeness (QED) is 0.448. The second-order valence-corrected chi connectivity index (χ2v) is 6.54. The van der Waals surface area contributed by atoms with Crippen LogP contribution in [0.25, 0.3) is 22.4 Å². The minimum Gasteiger partial charge on any atom is -0.508 e. The fourth-order valence-electron chi connectivity index (χ4n) is 3.12. The predicted octanol–water partition coefficient (Wildman–Crippen LogP) is 2.12. The van der Waals surface area contributed by atoms with Gasteiger partial charge in [-0.05, 0) is 37.3 Å². The number of hydrogen-bond donors (Lipinski definition) is 3. The highest BCUT2D eigenvalue weighted by Gasteiger charge is 2.12. The molecule has 2 aromatic carbocycles. The molecule has 150 valence electrons. The first kappa shape index (κ1) is 19.1. The number of phenolic OH excluding ortho intramolecular Hbond substituents is 1. The van der Waals surface area contributed by atoms with Crippen molar-refractivity contribution in [2.45, 2.75) is 13.5 Å². The molecule has 30 heavy (non-hydrogen) atoms. The van der Waals surface area contributed by atoms with Crippen LogP contribution in [-0.2, 0) is 6.54 Å². The van der Waals surface area contributed by atoms with Gasteiger partial charge in [-0.1, -0.05) is 12.1 Å². The van der Waals surface area contributed by atoms with Crippen LogP contribution in [0.1, 0.15) is 17.3 Å². The number of nitrogens with zero attached hydrogens (tertiary/aromatic N) is 3. The van der Waals surface area contributed by atoms with Crippen LogP contribution in [0.3, 0.4) is 0 Å². The van der Waals surface area contributed by atoms with E-state index in [0.29, 0.717) is 40.2 Å². The van der Waals surface area contributed by atoms with Gasteiger partial charge in [0.05, 0.1) is 29.1 Å². The Kier molecular flexibility index (Phi) is 4.85. The summed E-state index contributed by atoms with van der Waals surface area (Å²) in [4.78, 5) is 47.3. The molecule has 2 aromatic heterocycles. The number of nitrogens with one attached hydrogen (secondary N) is 2. The molecule has 0 saturated heterocycles. The van der Waals surface area contributed by atoms with Crippen molar-refractivity contribution in [1.29, 1.82) is 0 Å². The van der Waals surface area contributed by atoms with Gasteiger partial charge in [0.25, 0.3) is 5.91 Å². The lowest BCUT2D eigenvalue weighted by molar-refractivity contribution is 0.102. The molecule has 0 aliphatic rings. The molecule has 4 aromatic rings. The highest BCUT2D eigenvalue weighted by Crippen LogP contribution is 2.20. The number of fused-ring (bicyclic) bond motifs is 1. The maximum atomic E-state index is 12.6. The first-order chi connectivity index (χ1) is 14.5. The topological polar surface area (TPSA) is 130 Å². The lowest BCUT2D eigenvalue weighted by atomic mass is 10.1. The summed E-state index contributed by atoms with van der Waals surface area (Å²) in [6.07, 6.45) is 2.92. The van der Waals surface area contributed by atoms with Crippen molar-refractivity contribution >= 4 is 22.6 Å². The highest BCUT2D eigenvalue weighted by molar-refractivity contribution is 6.05. The fraction of sp³-hybridized carbons (Fsp3) is 0.0952. The molecule has 9 heteroatoms. The third-order valence-electron chi connectivity index (χ3n) is 4.57. The lowest BCUT2D eigenvalue weighted by Gasteiger charge is -2.09. The van der Waals surface area contributed by atoms with Crippen molar-refractivity contribution < 1.29 is 9.90 Å². The van der Waals surface area contributed by atoms with Crippen molar-refractivity contribution in [2.24, 2.45) is 0 Å². The van der Waals surface area contributed by atoms with Crippen LogP contribution in [0.15, 0.2) is 64.4 Å². The van der Waals surface area contributed by atoms with E-state index in [2.05, 4.69) is 20.3 Å². The number of amides is 1. The molecule has 0 saturated carbocycles. The third kappa shape index (κ3) is 3.55. The summed E-state index contributed by atoms with van der Waals surface area (Å²) in [5, 5.41) is 12.3. The predicted molar refractivity (Wildman–Crippen MR) is 112 cm³/mol. The summed E-state index contributed by atoms with van der Waals surface area (Å²) in [7, 11) is 0. The molecule has 0 aliphatic carbocycles. The maximum absolute atomic E-state index is 12.6. The Hall–Kier alpha value is -4.27. The van der Waals surface area contributed by atoms with Crippen LogP contribution in [0.2, 0.25) is 0 Å². The Morgan fingerprint density at radius 3 is 2.60 bits per heavy atom.